The molecule has 4 nitrogen and oxygen atoms in total. The maximum atomic E-state index is 12.9. The van der Waals surface area contributed by atoms with Gasteiger partial charge in [-0.3, -0.25) is 0 Å². The zero-order valence-corrected chi connectivity index (χ0v) is 14.4. The highest BCUT2D eigenvalue weighted by Crippen LogP contribution is 2.32. The molecule has 0 saturated carbocycles. The Morgan fingerprint density at radius 3 is 2.62 bits per heavy atom. The molecule has 0 amide bonds. The highest BCUT2D eigenvalue weighted by molar-refractivity contribution is 5.84. The Morgan fingerprint density at radius 1 is 1.04 bits per heavy atom. The number of rotatable bonds is 7. The maximum absolute atomic E-state index is 12.9. The van der Waals surface area contributed by atoms with E-state index in [0.717, 1.165) is 28.4 Å². The van der Waals surface area contributed by atoms with Gasteiger partial charge in [-0.2, -0.15) is 13.2 Å². The Bertz CT molecular complexity index is 871. The number of alkyl halides is 3. The first-order chi connectivity index (χ1) is 12.5. The number of hydrogen-bond acceptors (Lipinski definition) is 3. The van der Waals surface area contributed by atoms with Crippen molar-refractivity contribution >= 4 is 16.6 Å². The predicted molar refractivity (Wildman–Crippen MR) is 97.8 cm³/mol. The lowest BCUT2D eigenvalue weighted by Gasteiger charge is -2.11. The Hall–Kier alpha value is -2.51. The van der Waals surface area contributed by atoms with Gasteiger partial charge in [0.25, 0.3) is 0 Å². The fourth-order valence-electron chi connectivity index (χ4n) is 2.94. The molecule has 1 heterocycles. The minimum Gasteiger partial charge on any atom is -0.361 e. The minimum atomic E-state index is -4.33. The van der Waals surface area contributed by atoms with E-state index in [2.05, 4.69) is 21.2 Å². The number of H-pyrrole nitrogens is 1. The number of hydrazine groups is 1. The van der Waals surface area contributed by atoms with Crippen LogP contribution in [0.4, 0.5) is 18.9 Å². The van der Waals surface area contributed by atoms with Crippen LogP contribution in [0.25, 0.3) is 10.9 Å². The van der Waals surface area contributed by atoms with Gasteiger partial charge in [-0.1, -0.05) is 18.2 Å². The molecular weight excluding hydrogens is 341 g/mol. The summed E-state index contributed by atoms with van der Waals surface area (Å²) >= 11 is 0. The highest BCUT2D eigenvalue weighted by Gasteiger charge is 2.30. The summed E-state index contributed by atoms with van der Waals surface area (Å²) in [6.45, 7) is 1.33. The van der Waals surface area contributed by atoms with Crippen molar-refractivity contribution in [2.45, 2.75) is 19.1 Å². The summed E-state index contributed by atoms with van der Waals surface area (Å²) in [6, 6.07) is 11.7. The minimum absolute atomic E-state index is 0.620. The van der Waals surface area contributed by atoms with E-state index in [-0.39, 0.29) is 0 Å². The van der Waals surface area contributed by atoms with Crippen LogP contribution < -0.4 is 16.2 Å². The fourth-order valence-corrected chi connectivity index (χ4v) is 2.94. The van der Waals surface area contributed by atoms with E-state index in [1.165, 1.54) is 12.1 Å². The Kier molecular flexibility index (Phi) is 5.49. The van der Waals surface area contributed by atoms with E-state index in [4.69, 9.17) is 0 Å². The van der Waals surface area contributed by atoms with Crippen molar-refractivity contribution in [1.29, 1.82) is 0 Å². The van der Waals surface area contributed by atoms with Crippen LogP contribution in [0.3, 0.4) is 0 Å². The quantitative estimate of drug-likeness (QED) is 0.379. The van der Waals surface area contributed by atoms with E-state index in [1.54, 1.807) is 13.2 Å². The Balaban J connectivity index is 1.64. The second-order valence-corrected chi connectivity index (χ2v) is 6.03. The van der Waals surface area contributed by atoms with Gasteiger partial charge in [-0.25, -0.2) is 5.43 Å². The van der Waals surface area contributed by atoms with Crippen molar-refractivity contribution in [2.24, 2.45) is 0 Å². The average molecular weight is 362 g/mol. The predicted octanol–water partition coefficient (Wildman–Crippen LogP) is 4.07. The number of para-hydroxylation sites is 1. The molecular formula is C19H21F3N4. The van der Waals surface area contributed by atoms with Crippen LogP contribution in [-0.4, -0.2) is 18.6 Å². The van der Waals surface area contributed by atoms with Gasteiger partial charge in [0.2, 0.25) is 0 Å². The Labute approximate surface area is 149 Å². The molecule has 0 bridgehead atoms. The van der Waals surface area contributed by atoms with Gasteiger partial charge < -0.3 is 15.7 Å². The molecule has 0 unspecified atom stereocenters. The van der Waals surface area contributed by atoms with E-state index in [9.17, 15) is 13.2 Å². The number of hydrogen-bond donors (Lipinski definition) is 4. The summed E-state index contributed by atoms with van der Waals surface area (Å²) in [5.74, 6) is 0. The molecule has 26 heavy (non-hydrogen) atoms. The molecule has 0 saturated heterocycles. The molecule has 1 aromatic heterocycles. The summed E-state index contributed by atoms with van der Waals surface area (Å²) in [5.41, 5.74) is 9.05. The molecule has 2 aromatic carbocycles. The van der Waals surface area contributed by atoms with Gasteiger partial charge in [0, 0.05) is 30.7 Å². The first kappa shape index (κ1) is 18.3. The third kappa shape index (κ3) is 4.17. The molecule has 0 radical (unpaired) electrons. The van der Waals surface area contributed by atoms with E-state index in [1.807, 2.05) is 24.3 Å². The number of nitrogens with one attached hydrogen (secondary N) is 4. The van der Waals surface area contributed by atoms with Crippen LogP contribution in [-0.2, 0) is 19.1 Å². The molecule has 138 valence electrons. The standard InChI is InChI=1S/C19H21F3N4/c1-23-26-17-5-3-2-4-14(17)11-24-9-8-13-12-25-18-7-6-15(10-16(13)18)19(20,21)22/h2-7,10,12,23-26H,8-9,11H2,1H3. The lowest BCUT2D eigenvalue weighted by atomic mass is 10.1. The normalized spacial score (nSPS) is 11.8. The number of benzene rings is 2. The molecule has 0 aliphatic rings. The average Bonchev–Trinajstić information content (AvgIpc) is 3.02. The van der Waals surface area contributed by atoms with Crippen molar-refractivity contribution in [1.82, 2.24) is 15.7 Å². The molecule has 0 fully saturated rings. The molecule has 4 N–H and O–H groups in total. The second-order valence-electron chi connectivity index (χ2n) is 6.03. The fraction of sp³-hybridized carbons (Fsp3) is 0.263. The number of halogens is 3. The zero-order valence-electron chi connectivity index (χ0n) is 14.4. The highest BCUT2D eigenvalue weighted by atomic mass is 19.4. The van der Waals surface area contributed by atoms with Crippen LogP contribution >= 0.6 is 0 Å². The van der Waals surface area contributed by atoms with Crippen LogP contribution in [0, 0.1) is 0 Å². The number of fused-ring (bicyclic) bond motifs is 1. The van der Waals surface area contributed by atoms with Gasteiger partial charge >= 0.3 is 6.18 Å². The summed E-state index contributed by atoms with van der Waals surface area (Å²) < 4.78 is 38.7. The first-order valence-corrected chi connectivity index (χ1v) is 8.37. The summed E-state index contributed by atoms with van der Waals surface area (Å²) in [7, 11) is 1.80. The maximum Gasteiger partial charge on any atom is 0.416 e. The van der Waals surface area contributed by atoms with Crippen molar-refractivity contribution < 1.29 is 13.2 Å². The van der Waals surface area contributed by atoms with Crippen LogP contribution in [0.5, 0.6) is 0 Å². The van der Waals surface area contributed by atoms with Crippen molar-refractivity contribution in [3.63, 3.8) is 0 Å². The molecule has 0 atom stereocenters. The van der Waals surface area contributed by atoms with Crippen LogP contribution in [0.15, 0.2) is 48.7 Å². The zero-order chi connectivity index (χ0) is 18.6. The van der Waals surface area contributed by atoms with Crippen molar-refractivity contribution in [3.8, 4) is 0 Å². The van der Waals surface area contributed by atoms with E-state index in [0.29, 0.717) is 24.9 Å². The summed E-state index contributed by atoms with van der Waals surface area (Å²) in [6.07, 6.45) is -1.91. The summed E-state index contributed by atoms with van der Waals surface area (Å²) in [4.78, 5) is 3.04. The molecule has 3 rings (SSSR count). The molecule has 0 spiro atoms. The number of anilines is 1. The van der Waals surface area contributed by atoms with Gasteiger partial charge in [0.05, 0.1) is 11.3 Å². The first-order valence-electron chi connectivity index (χ1n) is 8.37. The SMILES string of the molecule is CNNc1ccccc1CNCCc1c[nH]c2ccc(C(F)(F)F)cc12. The van der Waals surface area contributed by atoms with Gasteiger partial charge in [0.1, 0.15) is 0 Å². The smallest absolute Gasteiger partial charge is 0.361 e. The largest absolute Gasteiger partial charge is 0.416 e. The van der Waals surface area contributed by atoms with Gasteiger partial charge in [-0.05, 0) is 48.4 Å². The third-order valence-electron chi connectivity index (χ3n) is 4.26. The van der Waals surface area contributed by atoms with Gasteiger partial charge in [0.15, 0.2) is 0 Å². The van der Waals surface area contributed by atoms with Gasteiger partial charge in [-0.15, -0.1) is 0 Å². The molecule has 7 heteroatoms. The van der Waals surface area contributed by atoms with Crippen LogP contribution in [0.2, 0.25) is 0 Å². The monoisotopic (exact) mass is 362 g/mol. The lowest BCUT2D eigenvalue weighted by molar-refractivity contribution is -0.137. The van der Waals surface area contributed by atoms with Crippen molar-refractivity contribution in [2.75, 3.05) is 19.0 Å². The number of aromatic nitrogens is 1. The number of aromatic amines is 1. The Morgan fingerprint density at radius 2 is 1.85 bits per heavy atom. The van der Waals surface area contributed by atoms with Crippen molar-refractivity contribution in [3.05, 3.63) is 65.4 Å². The third-order valence-corrected chi connectivity index (χ3v) is 4.26. The molecule has 3 aromatic rings. The van der Waals surface area contributed by atoms with E-state index < -0.39 is 11.7 Å². The summed E-state index contributed by atoms with van der Waals surface area (Å²) in [5, 5.41) is 3.97. The molecule has 0 aliphatic heterocycles. The molecule has 0 aliphatic carbocycles. The van der Waals surface area contributed by atoms with Crippen LogP contribution in [0.1, 0.15) is 16.7 Å². The van der Waals surface area contributed by atoms with E-state index >= 15 is 0 Å². The lowest BCUT2D eigenvalue weighted by Crippen LogP contribution is -2.20. The second kappa shape index (κ2) is 7.80. The topological polar surface area (TPSA) is 51.9 Å².